The number of benzene rings is 5. The molecule has 1 aromatic heterocycles. The molecule has 1 aliphatic heterocycles. The van der Waals surface area contributed by atoms with Crippen LogP contribution in [0.5, 0.6) is 11.5 Å². The largest absolute Gasteiger partial charge is 0.492 e. The number of hydrogen-bond acceptors (Lipinski definition) is 11. The number of nitrogens with zero attached hydrogens (tertiary/aromatic N) is 4. The summed E-state index contributed by atoms with van der Waals surface area (Å²) in [6, 6.07) is 33.2. The smallest absolute Gasteiger partial charge is 0.414 e. The number of hydrogen-bond donors (Lipinski definition) is 3. The second-order valence-corrected chi connectivity index (χ2v) is 18.3. The molecule has 1 saturated heterocycles. The summed E-state index contributed by atoms with van der Waals surface area (Å²) in [6.07, 6.45) is 1.50. The van der Waals surface area contributed by atoms with Crippen molar-refractivity contribution in [3.63, 3.8) is 0 Å². The van der Waals surface area contributed by atoms with Crippen molar-refractivity contribution in [2.45, 2.75) is 64.4 Å². The van der Waals surface area contributed by atoms with Crippen LogP contribution in [-0.2, 0) is 33.7 Å². The number of likely N-dealkylation sites (N-methyl/N-ethyl adjacent to an activating group) is 1. The Morgan fingerprint density at radius 1 is 0.881 bits per heavy atom. The minimum Gasteiger partial charge on any atom is -0.492 e. The van der Waals surface area contributed by atoms with Crippen LogP contribution in [0.2, 0.25) is 0 Å². The van der Waals surface area contributed by atoms with E-state index < -0.39 is 28.8 Å². The highest BCUT2D eigenvalue weighted by molar-refractivity contribution is 8.15. The highest BCUT2D eigenvalue weighted by atomic mass is 32.2. The van der Waals surface area contributed by atoms with Gasteiger partial charge in [-0.05, 0) is 104 Å². The van der Waals surface area contributed by atoms with Gasteiger partial charge in [0.15, 0.2) is 6.61 Å². The molecule has 0 saturated carbocycles. The number of carbonyl (C=O) groups excluding carboxylic acids is 4. The van der Waals surface area contributed by atoms with Crippen LogP contribution >= 0.6 is 11.8 Å². The summed E-state index contributed by atoms with van der Waals surface area (Å²) in [5.41, 5.74) is 6.46. The normalized spacial score (nSPS) is 13.6. The molecule has 67 heavy (non-hydrogen) atoms. The maximum atomic E-state index is 13.3. The van der Waals surface area contributed by atoms with Crippen LogP contribution < -0.4 is 29.9 Å². The predicted molar refractivity (Wildman–Crippen MR) is 261 cm³/mol. The lowest BCUT2D eigenvalue weighted by Crippen LogP contribution is -2.35. The van der Waals surface area contributed by atoms with Crippen LogP contribution in [0.3, 0.4) is 0 Å². The van der Waals surface area contributed by atoms with Gasteiger partial charge in [-0.1, -0.05) is 73.3 Å². The molecule has 0 aliphatic carbocycles. The van der Waals surface area contributed by atoms with E-state index in [1.165, 1.54) is 4.90 Å². The summed E-state index contributed by atoms with van der Waals surface area (Å²) < 4.78 is 19.9. The number of thioether (sulfide) groups is 1. The number of amides is 4. The van der Waals surface area contributed by atoms with Gasteiger partial charge in [0, 0.05) is 38.8 Å². The second kappa shape index (κ2) is 20.9. The highest BCUT2D eigenvalue weighted by Crippen LogP contribution is 2.32. The fourth-order valence-corrected chi connectivity index (χ4v) is 8.38. The summed E-state index contributed by atoms with van der Waals surface area (Å²) in [4.78, 5) is 70.2. The number of imidazole rings is 1. The van der Waals surface area contributed by atoms with Crippen LogP contribution in [0, 0.1) is 0 Å². The van der Waals surface area contributed by atoms with E-state index in [1.54, 1.807) is 82.4 Å². The van der Waals surface area contributed by atoms with Crippen molar-refractivity contribution in [2.75, 3.05) is 49.0 Å². The fraction of sp³-hybridized carbons (Fsp3) is 0.294. The van der Waals surface area contributed by atoms with Crippen molar-refractivity contribution in [3.05, 3.63) is 132 Å². The molecule has 1 unspecified atom stereocenters. The maximum absolute atomic E-state index is 13.3. The number of imide groups is 1. The number of anilines is 3. The van der Waals surface area contributed by atoms with Crippen molar-refractivity contribution in [1.82, 2.24) is 14.9 Å². The van der Waals surface area contributed by atoms with Crippen LogP contribution in [0.1, 0.15) is 61.4 Å². The van der Waals surface area contributed by atoms with Gasteiger partial charge in [-0.25, -0.2) is 14.6 Å². The first-order valence-corrected chi connectivity index (χ1v) is 22.8. The van der Waals surface area contributed by atoms with Crippen LogP contribution in [0.4, 0.5) is 26.7 Å². The Morgan fingerprint density at radius 2 is 1.60 bits per heavy atom. The number of carboxylic acid groups (broad SMARTS) is 1. The molecule has 2 heterocycles. The maximum Gasteiger partial charge on any atom is 0.414 e. The Labute approximate surface area is 393 Å². The molecule has 7 rings (SSSR count). The number of ether oxygens (including phenoxy) is 3. The topological polar surface area (TPSA) is 182 Å². The number of fused-ring (bicyclic) bond motifs is 1. The van der Waals surface area contributed by atoms with E-state index in [9.17, 15) is 29.1 Å². The number of aromatic carboxylic acids is 1. The molecule has 5 aromatic carbocycles. The zero-order valence-electron chi connectivity index (χ0n) is 38.3. The van der Waals surface area contributed by atoms with Gasteiger partial charge in [0.1, 0.15) is 29.5 Å². The van der Waals surface area contributed by atoms with E-state index in [4.69, 9.17) is 19.2 Å². The second-order valence-electron chi connectivity index (χ2n) is 17.1. The molecule has 6 aromatic rings. The number of carbonyl (C=O) groups is 5. The molecule has 0 bridgehead atoms. The van der Waals surface area contributed by atoms with Crippen LogP contribution in [0.25, 0.3) is 22.2 Å². The SMILES string of the molecule is CCCc1nc2ccc(N(C)CCOc3ccc(NC(=O)COc4ccc(CC5SC(=O)NC5=O)cc4)c(N(C)C(=O)OC(C)(C)C)c3)cc2n1Cc1ccc(-c2ccccc2C(=O)O)cc1. The quantitative estimate of drug-likeness (QED) is 0.0745. The zero-order chi connectivity index (χ0) is 47.8. The molecule has 348 valence electrons. The van der Waals surface area contributed by atoms with Gasteiger partial charge < -0.3 is 34.1 Å². The predicted octanol–water partition coefficient (Wildman–Crippen LogP) is 9.20. The fourth-order valence-electron chi connectivity index (χ4n) is 7.52. The van der Waals surface area contributed by atoms with E-state index in [1.807, 2.05) is 55.6 Å². The molecule has 15 nitrogen and oxygen atoms in total. The summed E-state index contributed by atoms with van der Waals surface area (Å²) in [6.45, 7) is 8.53. The van der Waals surface area contributed by atoms with E-state index in [2.05, 4.69) is 33.1 Å². The molecule has 3 N–H and O–H groups in total. The highest BCUT2D eigenvalue weighted by Gasteiger charge is 2.31. The van der Waals surface area contributed by atoms with E-state index in [0.717, 1.165) is 63.8 Å². The van der Waals surface area contributed by atoms with Crippen molar-refractivity contribution >= 4 is 69.0 Å². The van der Waals surface area contributed by atoms with Crippen LogP contribution in [-0.4, -0.2) is 88.5 Å². The number of aryl methyl sites for hydroxylation is 1. The average Bonchev–Trinajstić information content (AvgIpc) is 3.81. The van der Waals surface area contributed by atoms with Gasteiger partial charge in [0.2, 0.25) is 5.91 Å². The molecule has 16 heteroatoms. The van der Waals surface area contributed by atoms with E-state index >= 15 is 0 Å². The Bertz CT molecular complexity index is 2790. The van der Waals surface area contributed by atoms with Crippen molar-refractivity contribution in [2.24, 2.45) is 0 Å². The third-order valence-electron chi connectivity index (χ3n) is 10.9. The standard InChI is InChI=1S/C51H54N6O9S/c1-7-10-45-52-41-23-19-35(28-43(41)57(45)30-33-13-17-34(18-14-33)38-11-8-9-12-39(38)48(60)61)55(5)25-26-64-37-22-24-40(42(29-37)56(6)50(63)66-51(2,3)4)53-46(58)31-65-36-20-15-32(16-21-36)27-44-47(59)54-49(62)67-44/h8-9,11-24,28-29,44H,7,10,25-27,30-31H2,1-6H3,(H,53,58)(H,60,61)(H,54,59,62). The Hall–Kier alpha value is -7.33. The Kier molecular flexibility index (Phi) is 14.8. The van der Waals surface area contributed by atoms with E-state index in [-0.39, 0.29) is 23.3 Å². The van der Waals surface area contributed by atoms with Crippen molar-refractivity contribution in [3.8, 4) is 22.6 Å². The van der Waals surface area contributed by atoms with Crippen molar-refractivity contribution in [1.29, 1.82) is 0 Å². The molecule has 1 fully saturated rings. The lowest BCUT2D eigenvalue weighted by Gasteiger charge is -2.26. The zero-order valence-corrected chi connectivity index (χ0v) is 39.1. The lowest BCUT2D eigenvalue weighted by molar-refractivity contribution is -0.119. The van der Waals surface area contributed by atoms with Gasteiger partial charge in [-0.3, -0.25) is 24.6 Å². The minimum absolute atomic E-state index is 0.261. The number of aromatic nitrogens is 2. The summed E-state index contributed by atoms with van der Waals surface area (Å²) in [5, 5.41) is 14.0. The van der Waals surface area contributed by atoms with Crippen LogP contribution in [0.15, 0.2) is 109 Å². The minimum atomic E-state index is -0.963. The molecule has 1 aliphatic rings. The summed E-state index contributed by atoms with van der Waals surface area (Å²) in [7, 11) is 3.54. The third-order valence-corrected chi connectivity index (χ3v) is 11.9. The molecular formula is C51H54N6O9S. The van der Waals surface area contributed by atoms with Gasteiger partial charge >= 0.3 is 12.1 Å². The van der Waals surface area contributed by atoms with Crippen molar-refractivity contribution < 1.29 is 43.3 Å². The first-order chi connectivity index (χ1) is 32.0. The molecule has 0 spiro atoms. The number of nitrogens with one attached hydrogen (secondary N) is 2. The summed E-state index contributed by atoms with van der Waals surface area (Å²) in [5.74, 6) is 0.159. The molecule has 4 amide bonds. The monoisotopic (exact) mass is 926 g/mol. The molecule has 1 atom stereocenters. The molecule has 0 radical (unpaired) electrons. The first kappa shape index (κ1) is 47.6. The third kappa shape index (κ3) is 12.1. The lowest BCUT2D eigenvalue weighted by atomic mass is 9.99. The van der Waals surface area contributed by atoms with Gasteiger partial charge in [-0.2, -0.15) is 0 Å². The van der Waals surface area contributed by atoms with Gasteiger partial charge in [0.25, 0.3) is 11.1 Å². The number of carboxylic acids is 1. The Morgan fingerprint density at radius 3 is 2.28 bits per heavy atom. The van der Waals surface area contributed by atoms with Gasteiger partial charge in [0.05, 0.1) is 39.8 Å². The number of rotatable bonds is 18. The van der Waals surface area contributed by atoms with E-state index in [0.29, 0.717) is 54.6 Å². The average molecular weight is 927 g/mol. The van der Waals surface area contributed by atoms with Gasteiger partial charge in [-0.15, -0.1) is 0 Å². The first-order valence-electron chi connectivity index (χ1n) is 21.9. The Balaban J connectivity index is 1.01. The summed E-state index contributed by atoms with van der Waals surface area (Å²) >= 11 is 0.965. The molecular weight excluding hydrogens is 873 g/mol.